The molecule has 3 heteroatoms. The number of benzene rings is 2. The summed E-state index contributed by atoms with van der Waals surface area (Å²) in [4.78, 5) is 10.9. The Balaban J connectivity index is 2.26. The largest absolute Gasteiger partial charge is 0.481 e. The summed E-state index contributed by atoms with van der Waals surface area (Å²) in [5, 5.41) is 9.65. The van der Waals surface area contributed by atoms with Crippen LogP contribution in [0.15, 0.2) is 48.5 Å². The number of carbonyl (C=O) groups is 1. The molecule has 0 saturated carbocycles. The van der Waals surface area contributed by atoms with Crippen LogP contribution in [0.5, 0.6) is 0 Å². The van der Waals surface area contributed by atoms with Gasteiger partial charge in [0.15, 0.2) is 0 Å². The van der Waals surface area contributed by atoms with Crippen LogP contribution in [0, 0.1) is 11.8 Å². The summed E-state index contributed by atoms with van der Waals surface area (Å²) in [7, 11) is 0. The van der Waals surface area contributed by atoms with Crippen LogP contribution in [0.25, 0.3) is 11.1 Å². The van der Waals surface area contributed by atoms with Gasteiger partial charge in [-0.3, -0.25) is 4.79 Å². The molecule has 0 amide bonds. The highest BCUT2D eigenvalue weighted by molar-refractivity contribution is 6.30. The zero-order chi connectivity index (χ0) is 15.2. The van der Waals surface area contributed by atoms with E-state index in [4.69, 9.17) is 16.7 Å². The Kier molecular flexibility index (Phi) is 5.03. The van der Waals surface area contributed by atoms with Gasteiger partial charge in [-0.15, -0.1) is 5.92 Å². The summed E-state index contributed by atoms with van der Waals surface area (Å²) < 4.78 is 0. The van der Waals surface area contributed by atoms with E-state index in [1.54, 1.807) is 6.92 Å². The Labute approximate surface area is 129 Å². The fraction of sp³-hybridized carbons (Fsp3) is 0.167. The van der Waals surface area contributed by atoms with Crippen molar-refractivity contribution < 1.29 is 9.90 Å². The molecule has 2 aromatic rings. The Morgan fingerprint density at radius 1 is 1.10 bits per heavy atom. The van der Waals surface area contributed by atoms with Crippen molar-refractivity contribution in [1.82, 2.24) is 0 Å². The average molecular weight is 299 g/mol. The van der Waals surface area contributed by atoms with E-state index in [-0.39, 0.29) is 12.3 Å². The maximum atomic E-state index is 10.9. The smallest absolute Gasteiger partial charge is 0.304 e. The van der Waals surface area contributed by atoms with Gasteiger partial charge >= 0.3 is 5.97 Å². The molecule has 1 atom stereocenters. The van der Waals surface area contributed by atoms with Crippen molar-refractivity contribution in [2.45, 2.75) is 19.3 Å². The summed E-state index contributed by atoms with van der Waals surface area (Å²) in [6.07, 6.45) is 0.0150. The third kappa shape index (κ3) is 4.11. The molecule has 0 heterocycles. The van der Waals surface area contributed by atoms with Gasteiger partial charge in [0.1, 0.15) is 0 Å². The molecule has 0 spiro atoms. The van der Waals surface area contributed by atoms with Crippen LogP contribution in [-0.4, -0.2) is 11.1 Å². The first kappa shape index (κ1) is 15.2. The quantitative estimate of drug-likeness (QED) is 0.838. The van der Waals surface area contributed by atoms with Crippen molar-refractivity contribution >= 4 is 17.6 Å². The van der Waals surface area contributed by atoms with Gasteiger partial charge in [0.25, 0.3) is 0 Å². The molecule has 0 aliphatic carbocycles. The molecule has 106 valence electrons. The molecule has 1 N–H and O–H groups in total. The lowest BCUT2D eigenvalue weighted by Gasteiger charge is -2.10. The third-order valence-electron chi connectivity index (χ3n) is 3.19. The molecule has 0 saturated heterocycles. The van der Waals surface area contributed by atoms with Crippen molar-refractivity contribution in [2.24, 2.45) is 0 Å². The fourth-order valence-corrected chi connectivity index (χ4v) is 2.28. The van der Waals surface area contributed by atoms with Crippen LogP contribution in [0.1, 0.15) is 24.8 Å². The van der Waals surface area contributed by atoms with Gasteiger partial charge in [-0.2, -0.15) is 0 Å². The number of hydrogen-bond acceptors (Lipinski definition) is 1. The zero-order valence-corrected chi connectivity index (χ0v) is 12.4. The van der Waals surface area contributed by atoms with Crippen LogP contribution < -0.4 is 0 Å². The van der Waals surface area contributed by atoms with E-state index >= 15 is 0 Å². The highest BCUT2D eigenvalue weighted by Gasteiger charge is 2.13. The van der Waals surface area contributed by atoms with E-state index in [1.807, 2.05) is 48.5 Å². The minimum atomic E-state index is -0.843. The highest BCUT2D eigenvalue weighted by atomic mass is 35.5. The van der Waals surface area contributed by atoms with Gasteiger partial charge in [-0.25, -0.2) is 0 Å². The number of carboxylic acids is 1. The molecule has 2 aromatic carbocycles. The zero-order valence-electron chi connectivity index (χ0n) is 11.6. The number of rotatable bonds is 4. The molecule has 0 aliphatic heterocycles. The lowest BCUT2D eigenvalue weighted by molar-refractivity contribution is -0.137. The molecule has 0 aliphatic rings. The van der Waals surface area contributed by atoms with Gasteiger partial charge in [-0.1, -0.05) is 53.9 Å². The summed E-state index contributed by atoms with van der Waals surface area (Å²) in [5.74, 6) is 4.63. The van der Waals surface area contributed by atoms with Crippen molar-refractivity contribution in [2.75, 3.05) is 0 Å². The predicted molar refractivity (Wildman–Crippen MR) is 85.3 cm³/mol. The standard InChI is InChI=1S/C18H15ClO2/c1-2-3-16(12-18(20)21)15-6-4-13(5-7-15)14-8-10-17(19)11-9-14/h4-11,16H,12H2,1H3,(H,20,21). The molecule has 0 bridgehead atoms. The molecular weight excluding hydrogens is 284 g/mol. The predicted octanol–water partition coefficient (Wildman–Crippen LogP) is 4.59. The van der Waals surface area contributed by atoms with E-state index in [2.05, 4.69) is 11.8 Å². The molecular formula is C18H15ClO2. The number of hydrogen-bond donors (Lipinski definition) is 1. The number of carboxylic acid groups (broad SMARTS) is 1. The minimum absolute atomic E-state index is 0.0150. The Morgan fingerprint density at radius 2 is 1.62 bits per heavy atom. The Bertz CT molecular complexity index is 676. The maximum absolute atomic E-state index is 10.9. The molecule has 0 fully saturated rings. The van der Waals surface area contributed by atoms with Crippen LogP contribution in [-0.2, 0) is 4.79 Å². The second-order valence-electron chi connectivity index (χ2n) is 4.67. The van der Waals surface area contributed by atoms with Crippen LogP contribution in [0.2, 0.25) is 5.02 Å². The van der Waals surface area contributed by atoms with Gasteiger partial charge in [0, 0.05) is 5.02 Å². The van der Waals surface area contributed by atoms with E-state index in [1.165, 1.54) is 0 Å². The van der Waals surface area contributed by atoms with Gasteiger partial charge in [-0.05, 0) is 35.7 Å². The topological polar surface area (TPSA) is 37.3 Å². The molecule has 1 unspecified atom stereocenters. The van der Waals surface area contributed by atoms with Crippen LogP contribution in [0.4, 0.5) is 0 Å². The van der Waals surface area contributed by atoms with E-state index in [9.17, 15) is 4.79 Å². The molecule has 0 radical (unpaired) electrons. The van der Waals surface area contributed by atoms with E-state index in [0.717, 1.165) is 16.7 Å². The molecule has 0 aromatic heterocycles. The first-order valence-electron chi connectivity index (χ1n) is 6.60. The van der Waals surface area contributed by atoms with Crippen molar-refractivity contribution in [3.63, 3.8) is 0 Å². The van der Waals surface area contributed by atoms with Gasteiger partial charge in [0.2, 0.25) is 0 Å². The van der Waals surface area contributed by atoms with Crippen LogP contribution in [0.3, 0.4) is 0 Å². The summed E-state index contributed by atoms with van der Waals surface area (Å²) in [6.45, 7) is 1.72. The fourth-order valence-electron chi connectivity index (χ4n) is 2.15. The molecule has 2 nitrogen and oxygen atoms in total. The SMILES string of the molecule is CC#CC(CC(=O)O)c1ccc(-c2ccc(Cl)cc2)cc1. The third-order valence-corrected chi connectivity index (χ3v) is 3.44. The van der Waals surface area contributed by atoms with Crippen molar-refractivity contribution in [1.29, 1.82) is 0 Å². The summed E-state index contributed by atoms with van der Waals surface area (Å²) in [6, 6.07) is 15.4. The van der Waals surface area contributed by atoms with Crippen molar-refractivity contribution in [3.05, 3.63) is 59.1 Å². The summed E-state index contributed by atoms with van der Waals surface area (Å²) >= 11 is 5.88. The van der Waals surface area contributed by atoms with Crippen LogP contribution >= 0.6 is 11.6 Å². The van der Waals surface area contributed by atoms with E-state index in [0.29, 0.717) is 5.02 Å². The first-order chi connectivity index (χ1) is 10.1. The molecule has 2 rings (SSSR count). The highest BCUT2D eigenvalue weighted by Crippen LogP contribution is 2.25. The summed E-state index contributed by atoms with van der Waals surface area (Å²) in [5.41, 5.74) is 3.06. The lowest BCUT2D eigenvalue weighted by atomic mass is 9.94. The minimum Gasteiger partial charge on any atom is -0.481 e. The first-order valence-corrected chi connectivity index (χ1v) is 6.98. The Hall–Kier alpha value is -2.24. The maximum Gasteiger partial charge on any atom is 0.304 e. The second-order valence-corrected chi connectivity index (χ2v) is 5.11. The monoisotopic (exact) mass is 298 g/mol. The average Bonchev–Trinajstić information content (AvgIpc) is 2.47. The van der Waals surface area contributed by atoms with Crippen molar-refractivity contribution in [3.8, 4) is 23.0 Å². The van der Waals surface area contributed by atoms with Gasteiger partial charge in [0.05, 0.1) is 12.3 Å². The second kappa shape index (κ2) is 6.97. The van der Waals surface area contributed by atoms with E-state index < -0.39 is 5.97 Å². The Morgan fingerprint density at radius 3 is 2.10 bits per heavy atom. The number of halogens is 1. The van der Waals surface area contributed by atoms with Gasteiger partial charge < -0.3 is 5.11 Å². The molecule has 21 heavy (non-hydrogen) atoms. The normalized spacial score (nSPS) is 11.3. The number of aliphatic carboxylic acids is 1. The lowest BCUT2D eigenvalue weighted by Crippen LogP contribution is -2.04.